The van der Waals surface area contributed by atoms with Gasteiger partial charge in [-0.3, -0.25) is 0 Å². The molecule has 0 aliphatic rings. The average Bonchev–Trinajstić information content (AvgIpc) is 2.28. The van der Waals surface area contributed by atoms with Crippen molar-refractivity contribution in [1.29, 1.82) is 0 Å². The molecule has 15 heavy (non-hydrogen) atoms. The van der Waals surface area contributed by atoms with E-state index < -0.39 is 0 Å². The van der Waals surface area contributed by atoms with E-state index in [0.717, 1.165) is 11.9 Å². The lowest BCUT2D eigenvalue weighted by molar-refractivity contribution is 0.459. The smallest absolute Gasteiger partial charge is 0.221 e. The molecular weight excluding hydrogens is 188 g/mol. The van der Waals surface area contributed by atoms with Crippen LogP contribution in [-0.4, -0.2) is 15.1 Å². The van der Waals surface area contributed by atoms with Crippen molar-refractivity contribution in [1.82, 2.24) is 9.97 Å². The Balaban J connectivity index is 2.57. The summed E-state index contributed by atoms with van der Waals surface area (Å²) in [5.41, 5.74) is 2.06. The van der Waals surface area contributed by atoms with Crippen LogP contribution < -0.4 is 0 Å². The molecular formula is C12H14N2O. The standard InChI is InChI=1S/C12H14N2O/c1-3-8(2)9-4-5-10-11(6-9)13-7-14-12(10)15/h4-8H,3H2,1-2H3,(H,13,14,15). The maximum atomic E-state index is 9.51. The van der Waals surface area contributed by atoms with Crippen LogP contribution in [0.1, 0.15) is 31.7 Å². The first kappa shape index (κ1) is 9.90. The number of fused-ring (bicyclic) bond motifs is 1. The number of aromatic hydroxyl groups is 1. The maximum absolute atomic E-state index is 9.51. The third kappa shape index (κ3) is 1.77. The van der Waals surface area contributed by atoms with E-state index in [2.05, 4.69) is 23.8 Å². The molecule has 0 bridgehead atoms. The van der Waals surface area contributed by atoms with E-state index in [4.69, 9.17) is 0 Å². The Morgan fingerprint density at radius 1 is 1.33 bits per heavy atom. The van der Waals surface area contributed by atoms with Crippen LogP contribution in [0.25, 0.3) is 10.9 Å². The molecule has 2 aromatic rings. The average molecular weight is 202 g/mol. The summed E-state index contributed by atoms with van der Waals surface area (Å²) in [4.78, 5) is 7.89. The van der Waals surface area contributed by atoms with Crippen LogP contribution in [-0.2, 0) is 0 Å². The lowest BCUT2D eigenvalue weighted by Gasteiger charge is -2.09. The molecule has 3 nitrogen and oxygen atoms in total. The van der Waals surface area contributed by atoms with Crippen molar-refractivity contribution in [3.8, 4) is 5.88 Å². The van der Waals surface area contributed by atoms with Crippen molar-refractivity contribution in [2.24, 2.45) is 0 Å². The first-order valence-electron chi connectivity index (χ1n) is 5.16. The Morgan fingerprint density at radius 3 is 2.87 bits per heavy atom. The molecule has 1 heterocycles. The fraction of sp³-hybridized carbons (Fsp3) is 0.333. The summed E-state index contributed by atoms with van der Waals surface area (Å²) in [7, 11) is 0. The van der Waals surface area contributed by atoms with E-state index in [0.29, 0.717) is 11.3 Å². The van der Waals surface area contributed by atoms with Gasteiger partial charge in [0.25, 0.3) is 0 Å². The van der Waals surface area contributed by atoms with Crippen LogP contribution in [0, 0.1) is 0 Å². The summed E-state index contributed by atoms with van der Waals surface area (Å²) in [5, 5.41) is 10.2. The summed E-state index contributed by atoms with van der Waals surface area (Å²) in [6.45, 7) is 4.34. The molecule has 1 aromatic heterocycles. The molecule has 1 aromatic carbocycles. The maximum Gasteiger partial charge on any atom is 0.221 e. The third-order valence-corrected chi connectivity index (χ3v) is 2.82. The van der Waals surface area contributed by atoms with Gasteiger partial charge >= 0.3 is 0 Å². The predicted molar refractivity (Wildman–Crippen MR) is 59.9 cm³/mol. The number of nitrogens with zero attached hydrogens (tertiary/aromatic N) is 2. The molecule has 2 rings (SSSR count). The molecule has 1 unspecified atom stereocenters. The second-order valence-electron chi connectivity index (χ2n) is 3.78. The van der Waals surface area contributed by atoms with Gasteiger partial charge in [0.2, 0.25) is 5.88 Å². The van der Waals surface area contributed by atoms with Crippen LogP contribution >= 0.6 is 0 Å². The lowest BCUT2D eigenvalue weighted by atomic mass is 9.98. The summed E-state index contributed by atoms with van der Waals surface area (Å²) in [5.74, 6) is 0.571. The van der Waals surface area contributed by atoms with Crippen LogP contribution in [0.15, 0.2) is 24.5 Å². The van der Waals surface area contributed by atoms with Crippen LogP contribution in [0.5, 0.6) is 5.88 Å². The fourth-order valence-corrected chi connectivity index (χ4v) is 1.60. The number of benzene rings is 1. The Labute approximate surface area is 88.8 Å². The molecule has 78 valence electrons. The van der Waals surface area contributed by atoms with E-state index in [1.807, 2.05) is 18.2 Å². The first-order valence-corrected chi connectivity index (χ1v) is 5.16. The van der Waals surface area contributed by atoms with Gasteiger partial charge < -0.3 is 5.11 Å². The Bertz CT molecular complexity index is 482. The molecule has 0 spiro atoms. The first-order chi connectivity index (χ1) is 7.22. The number of aromatic nitrogens is 2. The molecule has 0 saturated heterocycles. The van der Waals surface area contributed by atoms with Crippen molar-refractivity contribution in [3.05, 3.63) is 30.1 Å². The van der Waals surface area contributed by atoms with E-state index in [9.17, 15) is 5.11 Å². The lowest BCUT2D eigenvalue weighted by Crippen LogP contribution is -1.92. The van der Waals surface area contributed by atoms with Gasteiger partial charge in [-0.05, 0) is 30.0 Å². The van der Waals surface area contributed by atoms with Gasteiger partial charge in [-0.25, -0.2) is 9.97 Å². The van der Waals surface area contributed by atoms with Gasteiger partial charge in [0.1, 0.15) is 6.33 Å². The summed E-state index contributed by atoms with van der Waals surface area (Å²) in [6.07, 6.45) is 2.49. The Morgan fingerprint density at radius 2 is 2.13 bits per heavy atom. The molecule has 0 aliphatic heterocycles. The molecule has 0 aliphatic carbocycles. The molecule has 0 amide bonds. The van der Waals surface area contributed by atoms with Gasteiger partial charge in [0, 0.05) is 0 Å². The minimum atomic E-state index is 0.0516. The van der Waals surface area contributed by atoms with Crippen molar-refractivity contribution in [3.63, 3.8) is 0 Å². The zero-order valence-electron chi connectivity index (χ0n) is 8.94. The molecule has 1 N–H and O–H groups in total. The highest BCUT2D eigenvalue weighted by Crippen LogP contribution is 2.25. The monoisotopic (exact) mass is 202 g/mol. The zero-order chi connectivity index (χ0) is 10.8. The van der Waals surface area contributed by atoms with Crippen molar-refractivity contribution in [2.45, 2.75) is 26.2 Å². The Hall–Kier alpha value is -1.64. The van der Waals surface area contributed by atoms with Crippen molar-refractivity contribution >= 4 is 10.9 Å². The topological polar surface area (TPSA) is 46.0 Å². The zero-order valence-corrected chi connectivity index (χ0v) is 8.94. The quantitative estimate of drug-likeness (QED) is 0.814. The van der Waals surface area contributed by atoms with E-state index >= 15 is 0 Å². The highest BCUT2D eigenvalue weighted by atomic mass is 16.3. The normalized spacial score (nSPS) is 12.9. The number of hydrogen-bond donors (Lipinski definition) is 1. The summed E-state index contributed by atoms with van der Waals surface area (Å²) >= 11 is 0. The van der Waals surface area contributed by atoms with Gasteiger partial charge in [-0.15, -0.1) is 0 Å². The summed E-state index contributed by atoms with van der Waals surface area (Å²) in [6, 6.07) is 5.93. The number of rotatable bonds is 2. The van der Waals surface area contributed by atoms with Gasteiger partial charge in [-0.1, -0.05) is 19.9 Å². The largest absolute Gasteiger partial charge is 0.493 e. The predicted octanol–water partition coefficient (Wildman–Crippen LogP) is 2.85. The second-order valence-corrected chi connectivity index (χ2v) is 3.78. The van der Waals surface area contributed by atoms with Crippen LogP contribution in [0.4, 0.5) is 0 Å². The molecule has 0 fully saturated rings. The number of hydrogen-bond acceptors (Lipinski definition) is 3. The SMILES string of the molecule is CCC(C)c1ccc2c(O)ncnc2c1. The highest BCUT2D eigenvalue weighted by Gasteiger charge is 2.06. The fourth-order valence-electron chi connectivity index (χ4n) is 1.60. The van der Waals surface area contributed by atoms with Gasteiger partial charge in [0.15, 0.2) is 0 Å². The third-order valence-electron chi connectivity index (χ3n) is 2.82. The van der Waals surface area contributed by atoms with E-state index in [1.54, 1.807) is 0 Å². The van der Waals surface area contributed by atoms with Crippen molar-refractivity contribution < 1.29 is 5.11 Å². The molecule has 1 atom stereocenters. The van der Waals surface area contributed by atoms with Gasteiger partial charge in [0.05, 0.1) is 10.9 Å². The molecule has 0 saturated carbocycles. The van der Waals surface area contributed by atoms with Crippen LogP contribution in [0.2, 0.25) is 0 Å². The Kier molecular flexibility index (Phi) is 2.54. The minimum absolute atomic E-state index is 0.0516. The molecule has 0 radical (unpaired) electrons. The summed E-state index contributed by atoms with van der Waals surface area (Å²) < 4.78 is 0. The minimum Gasteiger partial charge on any atom is -0.493 e. The van der Waals surface area contributed by atoms with Crippen LogP contribution in [0.3, 0.4) is 0 Å². The highest BCUT2D eigenvalue weighted by molar-refractivity contribution is 5.83. The van der Waals surface area contributed by atoms with E-state index in [1.165, 1.54) is 11.9 Å². The van der Waals surface area contributed by atoms with Crippen molar-refractivity contribution in [2.75, 3.05) is 0 Å². The van der Waals surface area contributed by atoms with Gasteiger partial charge in [-0.2, -0.15) is 0 Å². The molecule has 3 heteroatoms. The van der Waals surface area contributed by atoms with E-state index in [-0.39, 0.29) is 5.88 Å². The second kappa shape index (κ2) is 3.85.